The molecule has 1 aliphatic rings. The van der Waals surface area contributed by atoms with Crippen molar-refractivity contribution in [3.8, 4) is 0 Å². The molecule has 1 aliphatic heterocycles. The van der Waals surface area contributed by atoms with Gasteiger partial charge in [-0.2, -0.15) is 0 Å². The first-order valence-electron chi connectivity index (χ1n) is 5.87. The van der Waals surface area contributed by atoms with Gasteiger partial charge in [0.1, 0.15) is 0 Å². The van der Waals surface area contributed by atoms with Gasteiger partial charge >= 0.3 is 0 Å². The van der Waals surface area contributed by atoms with Gasteiger partial charge in [0.05, 0.1) is 11.7 Å². The number of hydrogen-bond donors (Lipinski definition) is 0. The molecule has 0 N–H and O–H groups in total. The van der Waals surface area contributed by atoms with Crippen LogP contribution in [0.25, 0.3) is 0 Å². The van der Waals surface area contributed by atoms with Crippen LogP contribution < -0.4 is 4.90 Å². The van der Waals surface area contributed by atoms with Crippen molar-refractivity contribution in [2.24, 2.45) is 0 Å². The van der Waals surface area contributed by atoms with Crippen LogP contribution in [0.3, 0.4) is 0 Å². The van der Waals surface area contributed by atoms with Crippen molar-refractivity contribution < 1.29 is 4.79 Å². The lowest BCUT2D eigenvalue weighted by atomic mass is 10.1. The van der Waals surface area contributed by atoms with Crippen LogP contribution in [-0.2, 0) is 4.79 Å². The number of amides is 1. The predicted octanol–water partition coefficient (Wildman–Crippen LogP) is 1.23. The summed E-state index contributed by atoms with van der Waals surface area (Å²) in [5.74, 6) is 0.815. The molecule has 0 saturated carbocycles. The number of hydrogen-bond acceptors (Lipinski definition) is 4. The fourth-order valence-corrected chi connectivity index (χ4v) is 2.21. The van der Waals surface area contributed by atoms with Crippen molar-refractivity contribution in [3.63, 3.8) is 0 Å². The largest absolute Gasteiger partial charge is 0.347 e. The lowest BCUT2D eigenvalue weighted by Gasteiger charge is -2.23. The Morgan fingerprint density at radius 3 is 2.94 bits per heavy atom. The first kappa shape index (κ1) is 11.8. The van der Waals surface area contributed by atoms with Crippen molar-refractivity contribution in [2.75, 3.05) is 25.5 Å². The van der Waals surface area contributed by atoms with Crippen molar-refractivity contribution in [1.29, 1.82) is 0 Å². The molecule has 5 nitrogen and oxygen atoms in total. The second kappa shape index (κ2) is 4.69. The number of carbonyl (C=O) groups excluding carboxylic acids is 1. The summed E-state index contributed by atoms with van der Waals surface area (Å²) in [5.41, 5.74) is 0.941. The Labute approximate surface area is 101 Å². The van der Waals surface area contributed by atoms with Crippen LogP contribution >= 0.6 is 0 Å². The van der Waals surface area contributed by atoms with Gasteiger partial charge in [-0.05, 0) is 18.9 Å². The molecule has 2 rings (SSSR count). The van der Waals surface area contributed by atoms with Crippen LogP contribution in [0.15, 0.2) is 12.3 Å². The standard InChI is InChI=1S/C12H18N4O/c1-9(17)16-8-4-5-11(16)10-6-7-13-12(14-10)15(2)3/h6-7,11H,4-5,8H2,1-3H3/t11-/m0/s1. The average molecular weight is 234 g/mol. The van der Waals surface area contributed by atoms with Crippen LogP contribution in [0.1, 0.15) is 31.5 Å². The van der Waals surface area contributed by atoms with Crippen LogP contribution in [0.2, 0.25) is 0 Å². The molecule has 92 valence electrons. The van der Waals surface area contributed by atoms with Crippen molar-refractivity contribution in [3.05, 3.63) is 18.0 Å². The lowest BCUT2D eigenvalue weighted by molar-refractivity contribution is -0.129. The van der Waals surface area contributed by atoms with Gasteiger partial charge in [0, 0.05) is 33.8 Å². The number of likely N-dealkylation sites (tertiary alicyclic amines) is 1. The zero-order valence-electron chi connectivity index (χ0n) is 10.6. The zero-order valence-corrected chi connectivity index (χ0v) is 10.6. The average Bonchev–Trinajstić information content (AvgIpc) is 2.78. The summed E-state index contributed by atoms with van der Waals surface area (Å²) in [7, 11) is 3.83. The van der Waals surface area contributed by atoms with Crippen LogP contribution in [0.4, 0.5) is 5.95 Å². The summed E-state index contributed by atoms with van der Waals surface area (Å²) in [6, 6.07) is 2.02. The highest BCUT2D eigenvalue weighted by molar-refractivity contribution is 5.74. The highest BCUT2D eigenvalue weighted by Crippen LogP contribution is 2.30. The second-order valence-corrected chi connectivity index (χ2v) is 4.55. The normalized spacial score (nSPS) is 19.5. The Kier molecular flexibility index (Phi) is 3.26. The molecule has 1 fully saturated rings. The van der Waals surface area contributed by atoms with Crippen LogP contribution in [-0.4, -0.2) is 41.4 Å². The maximum Gasteiger partial charge on any atom is 0.225 e. The Balaban J connectivity index is 2.27. The highest BCUT2D eigenvalue weighted by Gasteiger charge is 2.29. The Hall–Kier alpha value is -1.65. The zero-order chi connectivity index (χ0) is 12.4. The summed E-state index contributed by atoms with van der Waals surface area (Å²) in [6.07, 6.45) is 3.79. The molecule has 0 radical (unpaired) electrons. The van der Waals surface area contributed by atoms with Gasteiger partial charge in [0.25, 0.3) is 0 Å². The van der Waals surface area contributed by atoms with Gasteiger partial charge in [-0.3, -0.25) is 4.79 Å². The smallest absolute Gasteiger partial charge is 0.225 e. The minimum absolute atomic E-state index is 0.120. The minimum Gasteiger partial charge on any atom is -0.347 e. The Bertz CT molecular complexity index is 419. The molecule has 5 heteroatoms. The third-order valence-corrected chi connectivity index (χ3v) is 3.06. The van der Waals surface area contributed by atoms with Gasteiger partial charge in [-0.1, -0.05) is 0 Å². The monoisotopic (exact) mass is 234 g/mol. The van der Waals surface area contributed by atoms with Crippen molar-refractivity contribution in [1.82, 2.24) is 14.9 Å². The number of nitrogens with zero attached hydrogens (tertiary/aromatic N) is 4. The SMILES string of the molecule is CC(=O)N1CCC[C@H]1c1ccnc(N(C)C)n1. The molecule has 17 heavy (non-hydrogen) atoms. The molecular weight excluding hydrogens is 216 g/mol. The molecule has 0 bridgehead atoms. The predicted molar refractivity (Wildman–Crippen MR) is 65.7 cm³/mol. The van der Waals surface area contributed by atoms with Gasteiger partial charge in [0.2, 0.25) is 11.9 Å². The molecule has 0 spiro atoms. The van der Waals surface area contributed by atoms with E-state index in [1.54, 1.807) is 13.1 Å². The molecule has 0 aliphatic carbocycles. The topological polar surface area (TPSA) is 49.3 Å². The Morgan fingerprint density at radius 2 is 2.29 bits per heavy atom. The number of rotatable bonds is 2. The summed E-state index contributed by atoms with van der Waals surface area (Å²) in [5, 5.41) is 0. The molecule has 0 aromatic carbocycles. The third-order valence-electron chi connectivity index (χ3n) is 3.06. The van der Waals surface area contributed by atoms with Crippen molar-refractivity contribution in [2.45, 2.75) is 25.8 Å². The molecule has 1 atom stereocenters. The van der Waals surface area contributed by atoms with E-state index in [-0.39, 0.29) is 11.9 Å². The fraction of sp³-hybridized carbons (Fsp3) is 0.583. The van der Waals surface area contributed by atoms with E-state index < -0.39 is 0 Å². The van der Waals surface area contributed by atoms with E-state index in [1.807, 2.05) is 30.0 Å². The van der Waals surface area contributed by atoms with Crippen LogP contribution in [0, 0.1) is 0 Å². The fourth-order valence-electron chi connectivity index (χ4n) is 2.21. The van der Waals surface area contributed by atoms with E-state index in [2.05, 4.69) is 9.97 Å². The molecule has 1 aromatic rings. The van der Waals surface area contributed by atoms with E-state index in [0.29, 0.717) is 5.95 Å². The summed E-state index contributed by atoms with van der Waals surface area (Å²) < 4.78 is 0. The van der Waals surface area contributed by atoms with E-state index >= 15 is 0 Å². The number of aromatic nitrogens is 2. The first-order chi connectivity index (χ1) is 8.09. The van der Waals surface area contributed by atoms with E-state index in [1.165, 1.54) is 0 Å². The third kappa shape index (κ3) is 2.38. The minimum atomic E-state index is 0.120. The summed E-state index contributed by atoms with van der Waals surface area (Å²) in [4.78, 5) is 24.0. The van der Waals surface area contributed by atoms with Gasteiger partial charge in [-0.15, -0.1) is 0 Å². The molecule has 1 aromatic heterocycles. The first-order valence-corrected chi connectivity index (χ1v) is 5.87. The summed E-state index contributed by atoms with van der Waals surface area (Å²) in [6.45, 7) is 2.45. The number of anilines is 1. The molecule has 1 saturated heterocycles. The Morgan fingerprint density at radius 1 is 1.53 bits per heavy atom. The van der Waals surface area contributed by atoms with Gasteiger partial charge in [-0.25, -0.2) is 9.97 Å². The van der Waals surface area contributed by atoms with E-state index in [0.717, 1.165) is 25.1 Å². The molecule has 1 amide bonds. The van der Waals surface area contributed by atoms with Crippen molar-refractivity contribution >= 4 is 11.9 Å². The summed E-state index contributed by atoms with van der Waals surface area (Å²) >= 11 is 0. The van der Waals surface area contributed by atoms with E-state index in [9.17, 15) is 4.79 Å². The lowest BCUT2D eigenvalue weighted by Crippen LogP contribution is -2.29. The maximum atomic E-state index is 11.5. The second-order valence-electron chi connectivity index (χ2n) is 4.55. The van der Waals surface area contributed by atoms with Gasteiger partial charge in [0.15, 0.2) is 0 Å². The quantitative estimate of drug-likeness (QED) is 0.772. The number of carbonyl (C=O) groups is 1. The van der Waals surface area contributed by atoms with Crippen LogP contribution in [0.5, 0.6) is 0 Å². The molecular formula is C12H18N4O. The van der Waals surface area contributed by atoms with E-state index in [4.69, 9.17) is 0 Å². The van der Waals surface area contributed by atoms with Gasteiger partial charge < -0.3 is 9.80 Å². The highest BCUT2D eigenvalue weighted by atomic mass is 16.2. The molecule has 2 heterocycles. The maximum absolute atomic E-state index is 11.5. The molecule has 0 unspecified atom stereocenters.